The Bertz CT molecular complexity index is 461. The molecule has 1 fully saturated rings. The van der Waals surface area contributed by atoms with Crippen LogP contribution in [0.2, 0.25) is 0 Å². The Morgan fingerprint density at radius 2 is 2.05 bits per heavy atom. The summed E-state index contributed by atoms with van der Waals surface area (Å²) in [6, 6.07) is 8.11. The van der Waals surface area contributed by atoms with Gasteiger partial charge in [-0.05, 0) is 24.8 Å². The molecule has 3 N–H and O–H groups in total. The molecule has 2 rings (SSSR count). The number of amides is 1. The molecule has 1 aliphatic rings. The number of carboxylic acids is 1. The van der Waals surface area contributed by atoms with Crippen LogP contribution in [0.5, 0.6) is 0 Å². The Morgan fingerprint density at radius 1 is 1.37 bits per heavy atom. The van der Waals surface area contributed by atoms with Crippen molar-refractivity contribution in [3.05, 3.63) is 35.9 Å². The van der Waals surface area contributed by atoms with Gasteiger partial charge in [0.1, 0.15) is 6.04 Å². The first-order valence-corrected chi connectivity index (χ1v) is 6.42. The summed E-state index contributed by atoms with van der Waals surface area (Å²) >= 11 is 0. The number of benzene rings is 1. The van der Waals surface area contributed by atoms with Gasteiger partial charge in [-0.25, -0.2) is 4.79 Å². The summed E-state index contributed by atoms with van der Waals surface area (Å²) < 4.78 is 0. The first kappa shape index (κ1) is 13.5. The van der Waals surface area contributed by atoms with E-state index in [1.807, 2.05) is 30.3 Å². The van der Waals surface area contributed by atoms with Crippen LogP contribution in [0, 0.1) is 0 Å². The standard InChI is InChI=1S/C14H18N2O3/c15-11(9-10-5-2-1-3-6-10)13(17)16-8-4-7-12(16)14(18)19/h1-3,5-6,11-12H,4,7-9,15H2,(H,18,19)/t11-,12+/m1/s1. The summed E-state index contributed by atoms with van der Waals surface area (Å²) in [7, 11) is 0. The average molecular weight is 262 g/mol. The Morgan fingerprint density at radius 3 is 2.68 bits per heavy atom. The lowest BCUT2D eigenvalue weighted by Gasteiger charge is -2.24. The number of nitrogens with two attached hydrogens (primary N) is 1. The predicted molar refractivity (Wildman–Crippen MR) is 70.5 cm³/mol. The van der Waals surface area contributed by atoms with Crippen molar-refractivity contribution >= 4 is 11.9 Å². The molecule has 0 saturated carbocycles. The van der Waals surface area contributed by atoms with Gasteiger partial charge in [-0.3, -0.25) is 4.79 Å². The predicted octanol–water partition coefficient (Wildman–Crippen LogP) is 0.632. The highest BCUT2D eigenvalue weighted by Gasteiger charge is 2.35. The van der Waals surface area contributed by atoms with Crippen LogP contribution in [0.25, 0.3) is 0 Å². The zero-order chi connectivity index (χ0) is 13.8. The van der Waals surface area contributed by atoms with Crippen molar-refractivity contribution in [2.75, 3.05) is 6.54 Å². The van der Waals surface area contributed by atoms with E-state index >= 15 is 0 Å². The highest BCUT2D eigenvalue weighted by Crippen LogP contribution is 2.18. The van der Waals surface area contributed by atoms with E-state index in [0.29, 0.717) is 19.4 Å². The lowest BCUT2D eigenvalue weighted by Crippen LogP contribution is -2.49. The fourth-order valence-corrected chi connectivity index (χ4v) is 2.46. The van der Waals surface area contributed by atoms with Crippen molar-refractivity contribution < 1.29 is 14.7 Å². The quantitative estimate of drug-likeness (QED) is 0.833. The molecule has 0 bridgehead atoms. The minimum absolute atomic E-state index is 0.270. The zero-order valence-electron chi connectivity index (χ0n) is 10.7. The van der Waals surface area contributed by atoms with E-state index in [2.05, 4.69) is 0 Å². The van der Waals surface area contributed by atoms with Crippen molar-refractivity contribution in [2.24, 2.45) is 5.73 Å². The van der Waals surface area contributed by atoms with Crippen LogP contribution in [0.1, 0.15) is 18.4 Å². The third kappa shape index (κ3) is 3.12. The maximum absolute atomic E-state index is 12.2. The van der Waals surface area contributed by atoms with Crippen molar-refractivity contribution in [1.82, 2.24) is 4.90 Å². The van der Waals surface area contributed by atoms with E-state index in [0.717, 1.165) is 12.0 Å². The van der Waals surface area contributed by atoms with Crippen LogP contribution in [0.15, 0.2) is 30.3 Å². The highest BCUT2D eigenvalue weighted by molar-refractivity contribution is 5.87. The van der Waals surface area contributed by atoms with Crippen LogP contribution < -0.4 is 5.73 Å². The monoisotopic (exact) mass is 262 g/mol. The molecular weight excluding hydrogens is 244 g/mol. The molecule has 5 heteroatoms. The van der Waals surface area contributed by atoms with Crippen molar-refractivity contribution in [3.8, 4) is 0 Å². The molecule has 1 aromatic rings. The largest absolute Gasteiger partial charge is 0.480 e. The van der Waals surface area contributed by atoms with Gasteiger partial charge in [0, 0.05) is 6.54 Å². The number of carbonyl (C=O) groups is 2. The van der Waals surface area contributed by atoms with Crippen LogP contribution in [-0.4, -0.2) is 40.5 Å². The number of rotatable bonds is 4. The van der Waals surface area contributed by atoms with Crippen LogP contribution in [0.3, 0.4) is 0 Å². The summed E-state index contributed by atoms with van der Waals surface area (Å²) in [6.45, 7) is 0.484. The van der Waals surface area contributed by atoms with Gasteiger partial charge in [0.15, 0.2) is 0 Å². The van der Waals surface area contributed by atoms with E-state index in [-0.39, 0.29) is 5.91 Å². The molecule has 0 aliphatic carbocycles. The van der Waals surface area contributed by atoms with Gasteiger partial charge in [-0.15, -0.1) is 0 Å². The molecule has 1 amide bonds. The van der Waals surface area contributed by atoms with Gasteiger partial charge in [0.25, 0.3) is 0 Å². The van der Waals surface area contributed by atoms with Gasteiger partial charge in [-0.2, -0.15) is 0 Å². The van der Waals surface area contributed by atoms with Gasteiger partial charge < -0.3 is 15.7 Å². The van der Waals surface area contributed by atoms with E-state index in [4.69, 9.17) is 10.8 Å². The number of likely N-dealkylation sites (tertiary alicyclic amines) is 1. The Balaban J connectivity index is 2.01. The molecule has 2 atom stereocenters. The molecule has 1 heterocycles. The number of hydrogen-bond acceptors (Lipinski definition) is 3. The third-order valence-electron chi connectivity index (χ3n) is 3.44. The molecule has 0 aromatic heterocycles. The maximum Gasteiger partial charge on any atom is 0.326 e. The number of nitrogens with zero attached hydrogens (tertiary/aromatic N) is 1. The minimum atomic E-state index is -0.947. The summed E-state index contributed by atoms with van der Waals surface area (Å²) in [5.41, 5.74) is 6.89. The van der Waals surface area contributed by atoms with Crippen molar-refractivity contribution in [1.29, 1.82) is 0 Å². The molecule has 0 radical (unpaired) electrons. The molecule has 0 unspecified atom stereocenters. The average Bonchev–Trinajstić information content (AvgIpc) is 2.88. The maximum atomic E-state index is 12.2. The lowest BCUT2D eigenvalue weighted by molar-refractivity contribution is -0.148. The SMILES string of the molecule is N[C@H](Cc1ccccc1)C(=O)N1CCC[C@H]1C(=O)O. The van der Waals surface area contributed by atoms with Crippen molar-refractivity contribution in [3.63, 3.8) is 0 Å². The Hall–Kier alpha value is -1.88. The third-order valence-corrected chi connectivity index (χ3v) is 3.44. The molecular formula is C14H18N2O3. The van der Waals surface area contributed by atoms with Crippen LogP contribution in [-0.2, 0) is 16.0 Å². The van der Waals surface area contributed by atoms with E-state index in [1.54, 1.807) is 0 Å². The fraction of sp³-hybridized carbons (Fsp3) is 0.429. The van der Waals surface area contributed by atoms with Crippen LogP contribution in [0.4, 0.5) is 0 Å². The first-order valence-electron chi connectivity index (χ1n) is 6.42. The Labute approximate surface area is 112 Å². The highest BCUT2D eigenvalue weighted by atomic mass is 16.4. The number of carboxylic acid groups (broad SMARTS) is 1. The van der Waals surface area contributed by atoms with E-state index in [9.17, 15) is 9.59 Å². The van der Waals surface area contributed by atoms with E-state index < -0.39 is 18.1 Å². The number of carbonyl (C=O) groups excluding carboxylic acids is 1. The normalized spacial score (nSPS) is 20.3. The second-order valence-corrected chi connectivity index (χ2v) is 4.82. The summed E-state index contributed by atoms with van der Waals surface area (Å²) in [6.07, 6.45) is 1.67. The zero-order valence-corrected chi connectivity index (χ0v) is 10.7. The molecule has 102 valence electrons. The van der Waals surface area contributed by atoms with Gasteiger partial charge in [-0.1, -0.05) is 30.3 Å². The molecule has 5 nitrogen and oxygen atoms in total. The second-order valence-electron chi connectivity index (χ2n) is 4.82. The summed E-state index contributed by atoms with van der Waals surface area (Å²) in [5, 5.41) is 9.07. The molecule has 19 heavy (non-hydrogen) atoms. The fourth-order valence-electron chi connectivity index (χ4n) is 2.46. The molecule has 1 aromatic carbocycles. The van der Waals surface area contributed by atoms with Gasteiger partial charge in [0.2, 0.25) is 5.91 Å². The lowest BCUT2D eigenvalue weighted by atomic mass is 10.1. The molecule has 1 saturated heterocycles. The first-order chi connectivity index (χ1) is 9.09. The smallest absolute Gasteiger partial charge is 0.326 e. The Kier molecular flexibility index (Phi) is 4.16. The van der Waals surface area contributed by atoms with Crippen LogP contribution >= 0.6 is 0 Å². The number of aliphatic carboxylic acids is 1. The molecule has 1 aliphatic heterocycles. The van der Waals surface area contributed by atoms with Gasteiger partial charge in [0.05, 0.1) is 6.04 Å². The van der Waals surface area contributed by atoms with Gasteiger partial charge >= 0.3 is 5.97 Å². The molecule has 0 spiro atoms. The summed E-state index contributed by atoms with van der Waals surface area (Å²) in [5.74, 6) is -1.22. The minimum Gasteiger partial charge on any atom is -0.480 e. The second kappa shape index (κ2) is 5.84. The topological polar surface area (TPSA) is 83.6 Å². The summed E-state index contributed by atoms with van der Waals surface area (Å²) in [4.78, 5) is 24.7. The number of hydrogen-bond donors (Lipinski definition) is 2. The van der Waals surface area contributed by atoms with E-state index in [1.165, 1.54) is 4.90 Å². The van der Waals surface area contributed by atoms with Crippen molar-refractivity contribution in [2.45, 2.75) is 31.3 Å².